The van der Waals surface area contributed by atoms with E-state index < -0.39 is 0 Å². The zero-order valence-electron chi connectivity index (χ0n) is 16.2. The first kappa shape index (κ1) is 19.2. The molecule has 0 radical (unpaired) electrons. The molecule has 4 rings (SSSR count). The van der Waals surface area contributed by atoms with Gasteiger partial charge in [-0.2, -0.15) is 0 Å². The van der Waals surface area contributed by atoms with Gasteiger partial charge in [0, 0.05) is 63.7 Å². The normalized spacial score (nSPS) is 17.4. The predicted molar refractivity (Wildman–Crippen MR) is 106 cm³/mol. The van der Waals surface area contributed by atoms with E-state index in [0.717, 1.165) is 15.8 Å². The van der Waals surface area contributed by atoms with E-state index in [4.69, 9.17) is 0 Å². The van der Waals surface area contributed by atoms with Gasteiger partial charge < -0.3 is 14.4 Å². The molecule has 2 aromatic rings. The van der Waals surface area contributed by atoms with Crippen LogP contribution in [0.25, 0.3) is 10.9 Å². The van der Waals surface area contributed by atoms with Gasteiger partial charge in [-0.1, -0.05) is 18.2 Å². The number of nitrogens with zero attached hydrogens (tertiary/aromatic N) is 4. The Morgan fingerprint density at radius 2 is 1.45 bits per heavy atom. The van der Waals surface area contributed by atoms with Crippen LogP contribution in [0.4, 0.5) is 0 Å². The number of carbonyl (C=O) groups is 4. The van der Waals surface area contributed by atoms with E-state index in [9.17, 15) is 19.2 Å². The van der Waals surface area contributed by atoms with Crippen LogP contribution in [0.2, 0.25) is 0 Å². The quantitative estimate of drug-likeness (QED) is 0.702. The number of aryl methyl sites for hydroxylation is 1. The second kappa shape index (κ2) is 8.06. The van der Waals surface area contributed by atoms with Crippen molar-refractivity contribution < 1.29 is 19.2 Å². The molecule has 4 amide bonds. The number of para-hydroxylation sites is 1. The Kier molecular flexibility index (Phi) is 5.33. The Labute approximate surface area is 168 Å². The van der Waals surface area contributed by atoms with Gasteiger partial charge in [0.2, 0.25) is 23.6 Å². The minimum absolute atomic E-state index is 0.0692. The first-order chi connectivity index (χ1) is 14.0. The first-order valence-corrected chi connectivity index (χ1v) is 9.95. The van der Waals surface area contributed by atoms with E-state index in [1.807, 2.05) is 36.5 Å². The Bertz CT molecular complexity index is 942. The van der Waals surface area contributed by atoms with Gasteiger partial charge in [0.15, 0.2) is 0 Å². The average molecular weight is 396 g/mol. The third-order valence-corrected chi connectivity index (χ3v) is 5.68. The Hall–Kier alpha value is -3.16. The SMILES string of the molecule is O=C(CCn1ccc2ccccc21)N1CCN(C(=O)CN2C(=O)CCC2=O)CC1. The summed E-state index contributed by atoms with van der Waals surface area (Å²) in [7, 11) is 0. The van der Waals surface area contributed by atoms with E-state index in [2.05, 4.69) is 4.57 Å². The summed E-state index contributed by atoms with van der Waals surface area (Å²) in [4.78, 5) is 52.8. The number of hydrogen-bond acceptors (Lipinski definition) is 4. The minimum Gasteiger partial charge on any atom is -0.347 e. The molecule has 1 aromatic heterocycles. The van der Waals surface area contributed by atoms with E-state index >= 15 is 0 Å². The van der Waals surface area contributed by atoms with E-state index in [1.54, 1.807) is 9.80 Å². The van der Waals surface area contributed by atoms with Crippen LogP contribution < -0.4 is 0 Å². The molecule has 3 heterocycles. The van der Waals surface area contributed by atoms with Crippen LogP contribution in [0.3, 0.4) is 0 Å². The fourth-order valence-electron chi connectivity index (χ4n) is 3.95. The zero-order chi connectivity index (χ0) is 20.4. The minimum atomic E-state index is -0.283. The monoisotopic (exact) mass is 396 g/mol. The van der Waals surface area contributed by atoms with Gasteiger partial charge in [-0.25, -0.2) is 0 Å². The molecule has 2 fully saturated rings. The van der Waals surface area contributed by atoms with Crippen molar-refractivity contribution in [2.75, 3.05) is 32.7 Å². The molecule has 8 heteroatoms. The fraction of sp³-hybridized carbons (Fsp3) is 0.429. The van der Waals surface area contributed by atoms with Gasteiger partial charge in [0.05, 0.1) is 0 Å². The van der Waals surface area contributed by atoms with Crippen molar-refractivity contribution in [3.63, 3.8) is 0 Å². The molecule has 0 unspecified atom stereocenters. The van der Waals surface area contributed by atoms with Crippen LogP contribution in [0.15, 0.2) is 36.5 Å². The molecule has 0 N–H and O–H groups in total. The van der Waals surface area contributed by atoms with Gasteiger partial charge >= 0.3 is 0 Å². The van der Waals surface area contributed by atoms with Crippen molar-refractivity contribution in [2.45, 2.75) is 25.8 Å². The lowest BCUT2D eigenvalue weighted by Crippen LogP contribution is -2.53. The second-order valence-corrected chi connectivity index (χ2v) is 7.45. The summed E-state index contributed by atoms with van der Waals surface area (Å²) in [5.74, 6) is -0.733. The number of imide groups is 1. The lowest BCUT2D eigenvalue weighted by molar-refractivity contribution is -0.147. The summed E-state index contributed by atoms with van der Waals surface area (Å²) in [5, 5.41) is 1.15. The van der Waals surface area contributed by atoms with Crippen LogP contribution in [-0.2, 0) is 25.7 Å². The van der Waals surface area contributed by atoms with Crippen molar-refractivity contribution in [1.29, 1.82) is 0 Å². The molecule has 2 aliphatic rings. The Balaban J connectivity index is 1.25. The van der Waals surface area contributed by atoms with Crippen molar-refractivity contribution in [2.24, 2.45) is 0 Å². The van der Waals surface area contributed by atoms with Gasteiger partial charge in [-0.3, -0.25) is 24.1 Å². The van der Waals surface area contributed by atoms with Crippen LogP contribution >= 0.6 is 0 Å². The largest absolute Gasteiger partial charge is 0.347 e. The smallest absolute Gasteiger partial charge is 0.242 e. The highest BCUT2D eigenvalue weighted by atomic mass is 16.2. The summed E-state index contributed by atoms with van der Waals surface area (Å²) >= 11 is 0. The molecule has 0 saturated carbocycles. The van der Waals surface area contributed by atoms with Gasteiger partial charge in [0.25, 0.3) is 0 Å². The van der Waals surface area contributed by atoms with Crippen molar-refractivity contribution >= 4 is 34.5 Å². The van der Waals surface area contributed by atoms with Gasteiger partial charge in [-0.15, -0.1) is 0 Å². The number of amides is 4. The van der Waals surface area contributed by atoms with E-state index in [-0.39, 0.29) is 43.0 Å². The molecule has 0 aliphatic carbocycles. The Morgan fingerprint density at radius 1 is 0.828 bits per heavy atom. The number of benzene rings is 1. The molecular formula is C21H24N4O4. The number of fused-ring (bicyclic) bond motifs is 1. The lowest BCUT2D eigenvalue weighted by atomic mass is 10.2. The summed E-state index contributed by atoms with van der Waals surface area (Å²) in [6.45, 7) is 2.22. The van der Waals surface area contributed by atoms with Crippen molar-refractivity contribution in [3.8, 4) is 0 Å². The molecule has 0 spiro atoms. The van der Waals surface area contributed by atoms with Crippen molar-refractivity contribution in [3.05, 3.63) is 36.5 Å². The Morgan fingerprint density at radius 3 is 2.14 bits per heavy atom. The third kappa shape index (κ3) is 4.01. The summed E-state index contributed by atoms with van der Waals surface area (Å²) in [6, 6.07) is 10.1. The summed E-state index contributed by atoms with van der Waals surface area (Å²) in [6.07, 6.45) is 2.77. The second-order valence-electron chi connectivity index (χ2n) is 7.45. The molecule has 152 valence electrons. The van der Waals surface area contributed by atoms with E-state index in [0.29, 0.717) is 39.1 Å². The van der Waals surface area contributed by atoms with Crippen LogP contribution in [-0.4, -0.2) is 75.6 Å². The van der Waals surface area contributed by atoms with Crippen LogP contribution in [0.5, 0.6) is 0 Å². The molecular weight excluding hydrogens is 372 g/mol. The highest BCUT2D eigenvalue weighted by molar-refractivity contribution is 6.04. The van der Waals surface area contributed by atoms with Crippen molar-refractivity contribution in [1.82, 2.24) is 19.3 Å². The molecule has 29 heavy (non-hydrogen) atoms. The van der Waals surface area contributed by atoms with E-state index in [1.165, 1.54) is 0 Å². The molecule has 1 aromatic carbocycles. The molecule has 8 nitrogen and oxygen atoms in total. The first-order valence-electron chi connectivity index (χ1n) is 9.95. The fourth-order valence-corrected chi connectivity index (χ4v) is 3.95. The molecule has 2 aliphatic heterocycles. The third-order valence-electron chi connectivity index (χ3n) is 5.68. The standard InChI is InChI=1S/C21H24N4O4/c26-18(8-10-22-9-7-16-3-1-2-4-17(16)22)23-11-13-24(14-12-23)21(29)15-25-19(27)5-6-20(25)28/h1-4,7,9H,5-6,8,10-15H2. The lowest BCUT2D eigenvalue weighted by Gasteiger charge is -2.35. The summed E-state index contributed by atoms with van der Waals surface area (Å²) in [5.41, 5.74) is 1.11. The molecule has 2 saturated heterocycles. The van der Waals surface area contributed by atoms with Gasteiger partial charge in [-0.05, 0) is 17.5 Å². The predicted octanol–water partition coefficient (Wildman–Crippen LogP) is 0.851. The van der Waals surface area contributed by atoms with Crippen LogP contribution in [0.1, 0.15) is 19.3 Å². The van der Waals surface area contributed by atoms with Gasteiger partial charge in [0.1, 0.15) is 6.54 Å². The maximum Gasteiger partial charge on any atom is 0.242 e. The number of piperazine rings is 1. The zero-order valence-corrected chi connectivity index (χ0v) is 16.2. The average Bonchev–Trinajstić information content (AvgIpc) is 3.30. The molecule has 0 atom stereocenters. The number of aromatic nitrogens is 1. The highest BCUT2D eigenvalue weighted by Crippen LogP contribution is 2.16. The number of likely N-dealkylation sites (tertiary alicyclic amines) is 1. The summed E-state index contributed by atoms with van der Waals surface area (Å²) < 4.78 is 2.08. The number of carbonyl (C=O) groups excluding carboxylic acids is 4. The number of hydrogen-bond donors (Lipinski definition) is 0. The topological polar surface area (TPSA) is 82.9 Å². The maximum atomic E-state index is 12.6. The maximum absolute atomic E-state index is 12.6. The number of rotatable bonds is 5. The highest BCUT2D eigenvalue weighted by Gasteiger charge is 2.32. The molecule has 0 bridgehead atoms. The van der Waals surface area contributed by atoms with Crippen LogP contribution in [0, 0.1) is 0 Å².